The molecule has 21 heavy (non-hydrogen) atoms. The minimum atomic E-state index is 0.0249. The van der Waals surface area contributed by atoms with Crippen LogP contribution < -0.4 is 5.56 Å². The molecule has 3 heterocycles. The van der Waals surface area contributed by atoms with Gasteiger partial charge in [-0.15, -0.1) is 11.3 Å². The van der Waals surface area contributed by atoms with Crippen molar-refractivity contribution >= 4 is 33.3 Å². The number of hydrogen-bond donors (Lipinski definition) is 0. The van der Waals surface area contributed by atoms with E-state index in [9.17, 15) is 4.79 Å². The first-order valence-corrected chi connectivity index (χ1v) is 8.60. The van der Waals surface area contributed by atoms with Crippen LogP contribution in [0.25, 0.3) is 10.2 Å². The van der Waals surface area contributed by atoms with E-state index in [1.54, 1.807) is 22.1 Å². The molecule has 0 aromatic carbocycles. The lowest BCUT2D eigenvalue weighted by Gasteiger charge is -2.10. The maximum Gasteiger partial charge on any atom is 0.263 e. The molecule has 0 bridgehead atoms. The van der Waals surface area contributed by atoms with Crippen molar-refractivity contribution < 1.29 is 0 Å². The van der Waals surface area contributed by atoms with E-state index in [0.29, 0.717) is 6.54 Å². The van der Waals surface area contributed by atoms with Gasteiger partial charge in [-0.25, -0.2) is 4.98 Å². The van der Waals surface area contributed by atoms with Gasteiger partial charge in [0.2, 0.25) is 0 Å². The highest BCUT2D eigenvalue weighted by Crippen LogP contribution is 2.27. The van der Waals surface area contributed by atoms with Crippen molar-refractivity contribution in [2.75, 3.05) is 6.26 Å². The molecule has 0 fully saturated rings. The molecule has 3 rings (SSSR count). The zero-order valence-corrected chi connectivity index (χ0v) is 13.7. The molecule has 0 atom stereocenters. The summed E-state index contributed by atoms with van der Waals surface area (Å²) in [5, 5.41) is 1.48. The van der Waals surface area contributed by atoms with Crippen molar-refractivity contribution in [3.05, 3.63) is 50.9 Å². The van der Waals surface area contributed by atoms with E-state index in [1.807, 2.05) is 38.3 Å². The van der Waals surface area contributed by atoms with E-state index < -0.39 is 0 Å². The number of aryl methyl sites for hydroxylation is 2. The van der Waals surface area contributed by atoms with E-state index in [0.717, 1.165) is 31.5 Å². The second-order valence-corrected chi connectivity index (χ2v) is 6.75. The molecule has 6 heteroatoms. The van der Waals surface area contributed by atoms with Gasteiger partial charge in [-0.1, -0.05) is 17.8 Å². The number of nitrogens with zero attached hydrogens (tertiary/aromatic N) is 3. The average Bonchev–Trinajstić information content (AvgIpc) is 2.78. The van der Waals surface area contributed by atoms with E-state index in [4.69, 9.17) is 0 Å². The average molecular weight is 317 g/mol. The van der Waals surface area contributed by atoms with Gasteiger partial charge in [-0.2, -0.15) is 0 Å². The van der Waals surface area contributed by atoms with Crippen LogP contribution in [0.3, 0.4) is 0 Å². The standard InChI is InChI=1S/C15H15N3OS2/c1-9-10(2)21-13-12(9)14(19)18(15(17-13)20-3)8-11-6-4-5-7-16-11/h4-7H,8H2,1-3H3. The normalized spacial score (nSPS) is 11.2. The molecule has 0 spiro atoms. The molecule has 3 aromatic heterocycles. The molecule has 0 aliphatic heterocycles. The summed E-state index contributed by atoms with van der Waals surface area (Å²) in [6.07, 6.45) is 3.68. The SMILES string of the molecule is CSc1nc2sc(C)c(C)c2c(=O)n1Cc1ccccn1. The minimum Gasteiger partial charge on any atom is -0.281 e. The number of thioether (sulfide) groups is 1. The van der Waals surface area contributed by atoms with Crippen LogP contribution in [-0.2, 0) is 6.54 Å². The fourth-order valence-electron chi connectivity index (χ4n) is 2.26. The highest BCUT2D eigenvalue weighted by atomic mass is 32.2. The number of aromatic nitrogens is 3. The topological polar surface area (TPSA) is 47.8 Å². The van der Waals surface area contributed by atoms with E-state index >= 15 is 0 Å². The predicted octanol–water partition coefficient (Wildman–Crippen LogP) is 3.24. The smallest absolute Gasteiger partial charge is 0.263 e. The summed E-state index contributed by atoms with van der Waals surface area (Å²) >= 11 is 3.07. The van der Waals surface area contributed by atoms with Crippen molar-refractivity contribution in [3.63, 3.8) is 0 Å². The molecular weight excluding hydrogens is 302 g/mol. The van der Waals surface area contributed by atoms with Crippen LogP contribution in [0, 0.1) is 13.8 Å². The van der Waals surface area contributed by atoms with Crippen LogP contribution in [0.2, 0.25) is 0 Å². The van der Waals surface area contributed by atoms with Crippen LogP contribution in [0.4, 0.5) is 0 Å². The molecular formula is C15H15N3OS2. The summed E-state index contributed by atoms with van der Waals surface area (Å²) in [7, 11) is 0. The van der Waals surface area contributed by atoms with Crippen molar-refractivity contribution in [1.29, 1.82) is 0 Å². The van der Waals surface area contributed by atoms with Crippen molar-refractivity contribution in [1.82, 2.24) is 14.5 Å². The second-order valence-electron chi connectivity index (χ2n) is 4.77. The van der Waals surface area contributed by atoms with Crippen LogP contribution in [-0.4, -0.2) is 20.8 Å². The van der Waals surface area contributed by atoms with Gasteiger partial charge in [0.25, 0.3) is 5.56 Å². The zero-order chi connectivity index (χ0) is 15.0. The minimum absolute atomic E-state index is 0.0249. The molecule has 3 aromatic rings. The Labute approximate surface area is 130 Å². The van der Waals surface area contributed by atoms with Crippen LogP contribution in [0.15, 0.2) is 34.3 Å². The maximum absolute atomic E-state index is 12.8. The summed E-state index contributed by atoms with van der Waals surface area (Å²) in [5.74, 6) is 0. The van der Waals surface area contributed by atoms with Gasteiger partial charge in [-0.3, -0.25) is 14.3 Å². The fourth-order valence-corrected chi connectivity index (χ4v) is 3.89. The Kier molecular flexibility index (Phi) is 3.82. The van der Waals surface area contributed by atoms with Crippen LogP contribution >= 0.6 is 23.1 Å². The first-order valence-electron chi connectivity index (χ1n) is 6.56. The molecule has 0 amide bonds. The third-order valence-electron chi connectivity index (χ3n) is 3.48. The van der Waals surface area contributed by atoms with Crippen LogP contribution in [0.5, 0.6) is 0 Å². The molecule has 0 unspecified atom stereocenters. The van der Waals surface area contributed by atoms with Gasteiger partial charge in [-0.05, 0) is 37.8 Å². The predicted molar refractivity (Wildman–Crippen MR) is 88.5 cm³/mol. The van der Waals surface area contributed by atoms with Gasteiger partial charge < -0.3 is 0 Å². The number of rotatable bonds is 3. The van der Waals surface area contributed by atoms with Gasteiger partial charge in [0, 0.05) is 11.1 Å². The summed E-state index contributed by atoms with van der Waals surface area (Å²) < 4.78 is 1.72. The zero-order valence-electron chi connectivity index (χ0n) is 12.1. The number of fused-ring (bicyclic) bond motifs is 1. The van der Waals surface area contributed by atoms with Crippen molar-refractivity contribution in [2.45, 2.75) is 25.5 Å². The van der Waals surface area contributed by atoms with Crippen LogP contribution in [0.1, 0.15) is 16.1 Å². The Hall–Kier alpha value is -1.66. The molecule has 0 saturated carbocycles. The lowest BCUT2D eigenvalue weighted by atomic mass is 10.2. The lowest BCUT2D eigenvalue weighted by Crippen LogP contribution is -2.24. The summed E-state index contributed by atoms with van der Waals surface area (Å²) in [5.41, 5.74) is 1.92. The Balaban J connectivity index is 2.23. The molecule has 0 N–H and O–H groups in total. The Bertz CT molecular complexity index is 853. The third-order valence-corrected chi connectivity index (χ3v) is 5.26. The summed E-state index contributed by atoms with van der Waals surface area (Å²) in [6, 6.07) is 5.72. The highest BCUT2D eigenvalue weighted by Gasteiger charge is 2.16. The summed E-state index contributed by atoms with van der Waals surface area (Å²) in [6.45, 7) is 4.47. The fraction of sp³-hybridized carbons (Fsp3) is 0.267. The molecule has 108 valence electrons. The van der Waals surface area contributed by atoms with E-state index in [1.165, 1.54) is 11.8 Å². The van der Waals surface area contributed by atoms with E-state index in [-0.39, 0.29) is 5.56 Å². The quantitative estimate of drug-likeness (QED) is 0.549. The van der Waals surface area contributed by atoms with Crippen molar-refractivity contribution in [2.24, 2.45) is 0 Å². The van der Waals surface area contributed by atoms with Gasteiger partial charge in [0.1, 0.15) is 4.83 Å². The molecule has 0 aliphatic rings. The Morgan fingerprint density at radius 2 is 2.14 bits per heavy atom. The Morgan fingerprint density at radius 3 is 2.81 bits per heavy atom. The van der Waals surface area contributed by atoms with Crippen molar-refractivity contribution in [3.8, 4) is 0 Å². The number of pyridine rings is 1. The first kappa shape index (κ1) is 14.3. The first-order chi connectivity index (χ1) is 10.1. The van der Waals surface area contributed by atoms with Gasteiger partial charge in [0.05, 0.1) is 17.6 Å². The monoisotopic (exact) mass is 317 g/mol. The van der Waals surface area contributed by atoms with Gasteiger partial charge >= 0.3 is 0 Å². The van der Waals surface area contributed by atoms with Gasteiger partial charge in [0.15, 0.2) is 5.16 Å². The maximum atomic E-state index is 12.8. The summed E-state index contributed by atoms with van der Waals surface area (Å²) in [4.78, 5) is 23.8. The van der Waals surface area contributed by atoms with E-state index in [2.05, 4.69) is 9.97 Å². The Morgan fingerprint density at radius 1 is 1.33 bits per heavy atom. The molecule has 0 saturated heterocycles. The third kappa shape index (κ3) is 2.49. The largest absolute Gasteiger partial charge is 0.281 e. The number of thiophene rings is 1. The number of hydrogen-bond acceptors (Lipinski definition) is 5. The second kappa shape index (κ2) is 5.61. The molecule has 0 aliphatic carbocycles. The lowest BCUT2D eigenvalue weighted by molar-refractivity contribution is 0.648. The highest BCUT2D eigenvalue weighted by molar-refractivity contribution is 7.98. The molecule has 4 nitrogen and oxygen atoms in total. The molecule has 0 radical (unpaired) electrons.